The SMILES string of the molecule is Cc1cc(C=CC(F)(F)F)ccc1C(=O)Nc1cccc2c1CCCC2. The Morgan fingerprint density at radius 1 is 1.12 bits per heavy atom. The number of halogens is 3. The van der Waals surface area contributed by atoms with E-state index < -0.39 is 6.18 Å². The van der Waals surface area contributed by atoms with Crippen molar-refractivity contribution in [1.29, 1.82) is 0 Å². The molecule has 2 nitrogen and oxygen atoms in total. The van der Waals surface area contributed by atoms with E-state index in [-0.39, 0.29) is 12.0 Å². The van der Waals surface area contributed by atoms with Crippen LogP contribution in [0.1, 0.15) is 45.5 Å². The van der Waals surface area contributed by atoms with Crippen LogP contribution in [-0.4, -0.2) is 12.1 Å². The van der Waals surface area contributed by atoms with Crippen LogP contribution in [-0.2, 0) is 12.8 Å². The van der Waals surface area contributed by atoms with Crippen molar-refractivity contribution in [2.45, 2.75) is 38.8 Å². The van der Waals surface area contributed by atoms with Crippen molar-refractivity contribution in [2.24, 2.45) is 0 Å². The van der Waals surface area contributed by atoms with Crippen molar-refractivity contribution in [1.82, 2.24) is 0 Å². The molecule has 2 aromatic rings. The molecule has 0 bridgehead atoms. The summed E-state index contributed by atoms with van der Waals surface area (Å²) in [6.45, 7) is 1.72. The zero-order valence-corrected chi connectivity index (χ0v) is 14.5. The van der Waals surface area contributed by atoms with Gasteiger partial charge >= 0.3 is 6.18 Å². The van der Waals surface area contributed by atoms with E-state index in [1.165, 1.54) is 17.2 Å². The Balaban J connectivity index is 1.80. The largest absolute Gasteiger partial charge is 0.409 e. The number of hydrogen-bond donors (Lipinski definition) is 1. The van der Waals surface area contributed by atoms with E-state index in [0.29, 0.717) is 16.7 Å². The molecule has 136 valence electrons. The first kappa shape index (κ1) is 18.2. The lowest BCUT2D eigenvalue weighted by Gasteiger charge is -2.20. The third-order valence-electron chi connectivity index (χ3n) is 4.60. The highest BCUT2D eigenvalue weighted by Crippen LogP contribution is 2.28. The van der Waals surface area contributed by atoms with Gasteiger partial charge in [-0.05, 0) is 67.0 Å². The molecule has 0 aliphatic heterocycles. The van der Waals surface area contributed by atoms with Crippen LogP contribution in [0.5, 0.6) is 0 Å². The monoisotopic (exact) mass is 359 g/mol. The minimum atomic E-state index is -4.35. The van der Waals surface area contributed by atoms with E-state index in [9.17, 15) is 18.0 Å². The van der Waals surface area contributed by atoms with Crippen LogP contribution in [0.2, 0.25) is 0 Å². The van der Waals surface area contributed by atoms with Gasteiger partial charge in [-0.15, -0.1) is 0 Å². The summed E-state index contributed by atoms with van der Waals surface area (Å²) in [5.74, 6) is -0.243. The van der Waals surface area contributed by atoms with E-state index in [4.69, 9.17) is 0 Å². The molecule has 1 N–H and O–H groups in total. The van der Waals surface area contributed by atoms with Gasteiger partial charge in [-0.25, -0.2) is 0 Å². The van der Waals surface area contributed by atoms with Gasteiger partial charge in [-0.1, -0.05) is 30.3 Å². The number of nitrogens with one attached hydrogen (secondary N) is 1. The number of amides is 1. The summed E-state index contributed by atoms with van der Waals surface area (Å²) in [6.07, 6.45) is 1.09. The average Bonchev–Trinajstić information content (AvgIpc) is 2.59. The number of benzene rings is 2. The van der Waals surface area contributed by atoms with Gasteiger partial charge in [0.2, 0.25) is 0 Å². The zero-order chi connectivity index (χ0) is 18.7. The average molecular weight is 359 g/mol. The number of hydrogen-bond acceptors (Lipinski definition) is 1. The Labute approximate surface area is 150 Å². The van der Waals surface area contributed by atoms with E-state index in [1.54, 1.807) is 19.1 Å². The van der Waals surface area contributed by atoms with Gasteiger partial charge in [-0.3, -0.25) is 4.79 Å². The fourth-order valence-electron chi connectivity index (χ4n) is 3.32. The number of anilines is 1. The number of aryl methyl sites for hydroxylation is 2. The summed E-state index contributed by atoms with van der Waals surface area (Å²) in [7, 11) is 0. The second kappa shape index (κ2) is 7.36. The molecule has 0 atom stereocenters. The molecule has 0 saturated carbocycles. The van der Waals surface area contributed by atoms with Gasteiger partial charge in [0, 0.05) is 17.3 Å². The molecule has 1 aliphatic rings. The maximum Gasteiger partial charge on any atom is 0.409 e. The summed E-state index contributed by atoms with van der Waals surface area (Å²) < 4.78 is 36.8. The van der Waals surface area contributed by atoms with Crippen LogP contribution >= 0.6 is 0 Å². The highest BCUT2D eigenvalue weighted by Gasteiger charge is 2.22. The smallest absolute Gasteiger partial charge is 0.322 e. The van der Waals surface area contributed by atoms with Crippen molar-refractivity contribution in [3.63, 3.8) is 0 Å². The number of carbonyl (C=O) groups is 1. The number of carbonyl (C=O) groups excluding carboxylic acids is 1. The number of rotatable bonds is 3. The first-order valence-corrected chi connectivity index (χ1v) is 8.62. The molecule has 26 heavy (non-hydrogen) atoms. The fraction of sp³-hybridized carbons (Fsp3) is 0.286. The molecule has 1 aliphatic carbocycles. The number of allylic oxidation sites excluding steroid dienone is 1. The molecule has 2 aromatic carbocycles. The van der Waals surface area contributed by atoms with Gasteiger partial charge in [0.05, 0.1) is 0 Å². The summed E-state index contributed by atoms with van der Waals surface area (Å²) in [5, 5.41) is 2.97. The minimum absolute atomic E-state index is 0.192. The molecule has 0 saturated heterocycles. The van der Waals surface area contributed by atoms with Gasteiger partial charge < -0.3 is 5.32 Å². The molecule has 0 radical (unpaired) electrons. The van der Waals surface area contributed by atoms with Gasteiger partial charge in [0.15, 0.2) is 0 Å². The molecule has 5 heteroatoms. The molecule has 1 amide bonds. The summed E-state index contributed by atoms with van der Waals surface area (Å²) in [5.41, 5.74) is 4.80. The maximum absolute atomic E-state index is 12.6. The van der Waals surface area contributed by atoms with Crippen LogP contribution in [0.15, 0.2) is 42.5 Å². The second-order valence-electron chi connectivity index (χ2n) is 6.55. The van der Waals surface area contributed by atoms with Crippen molar-refractivity contribution in [2.75, 3.05) is 5.32 Å². The van der Waals surface area contributed by atoms with Crippen LogP contribution in [0.25, 0.3) is 6.08 Å². The van der Waals surface area contributed by atoms with E-state index in [2.05, 4.69) is 11.4 Å². The van der Waals surface area contributed by atoms with Crippen LogP contribution in [0.3, 0.4) is 0 Å². The number of alkyl halides is 3. The highest BCUT2D eigenvalue weighted by molar-refractivity contribution is 6.05. The van der Waals surface area contributed by atoms with E-state index in [1.807, 2.05) is 12.1 Å². The fourth-order valence-corrected chi connectivity index (χ4v) is 3.32. The summed E-state index contributed by atoms with van der Waals surface area (Å²) >= 11 is 0. The molecule has 0 unspecified atom stereocenters. The summed E-state index contributed by atoms with van der Waals surface area (Å²) in [6, 6.07) is 10.6. The standard InChI is InChI=1S/C21H20F3NO/c1-14-13-15(11-12-21(22,23)24)9-10-17(14)20(26)25-19-8-4-6-16-5-2-3-7-18(16)19/h4,6,8-13H,2-3,5,7H2,1H3,(H,25,26). The van der Waals surface area contributed by atoms with Crippen molar-refractivity contribution >= 4 is 17.7 Å². The maximum atomic E-state index is 12.6. The Morgan fingerprint density at radius 3 is 2.62 bits per heavy atom. The normalized spacial score (nSPS) is 14.3. The van der Waals surface area contributed by atoms with Crippen LogP contribution in [0.4, 0.5) is 18.9 Å². The van der Waals surface area contributed by atoms with Gasteiger partial charge in [0.1, 0.15) is 0 Å². The quantitative estimate of drug-likeness (QED) is 0.748. The number of fused-ring (bicyclic) bond motifs is 1. The van der Waals surface area contributed by atoms with E-state index in [0.717, 1.165) is 37.4 Å². The topological polar surface area (TPSA) is 29.1 Å². The lowest BCUT2D eigenvalue weighted by molar-refractivity contribution is -0.0790. The zero-order valence-electron chi connectivity index (χ0n) is 14.5. The Morgan fingerprint density at radius 2 is 1.88 bits per heavy atom. The first-order valence-electron chi connectivity index (χ1n) is 8.62. The molecule has 0 heterocycles. The van der Waals surface area contributed by atoms with E-state index >= 15 is 0 Å². The Kier molecular flexibility index (Phi) is 5.16. The van der Waals surface area contributed by atoms with Crippen molar-refractivity contribution in [3.05, 3.63) is 70.3 Å². The van der Waals surface area contributed by atoms with Gasteiger partial charge in [0.25, 0.3) is 5.91 Å². The highest BCUT2D eigenvalue weighted by atomic mass is 19.4. The van der Waals surface area contributed by atoms with Crippen LogP contribution < -0.4 is 5.32 Å². The lowest BCUT2D eigenvalue weighted by Crippen LogP contribution is -2.16. The lowest BCUT2D eigenvalue weighted by atomic mass is 9.90. The van der Waals surface area contributed by atoms with Crippen molar-refractivity contribution < 1.29 is 18.0 Å². The Hall–Kier alpha value is -2.56. The third-order valence-corrected chi connectivity index (χ3v) is 4.60. The molecule has 0 spiro atoms. The minimum Gasteiger partial charge on any atom is -0.322 e. The predicted octanol–water partition coefficient (Wildman–Crippen LogP) is 5.70. The molecule has 0 aromatic heterocycles. The second-order valence-corrected chi connectivity index (χ2v) is 6.55. The van der Waals surface area contributed by atoms with Crippen LogP contribution in [0, 0.1) is 6.92 Å². The molecular weight excluding hydrogens is 339 g/mol. The molecular formula is C21H20F3NO. The summed E-state index contributed by atoms with van der Waals surface area (Å²) in [4.78, 5) is 12.6. The molecule has 3 rings (SSSR count). The molecule has 0 fully saturated rings. The van der Waals surface area contributed by atoms with Gasteiger partial charge in [-0.2, -0.15) is 13.2 Å². The predicted molar refractivity (Wildman–Crippen MR) is 97.3 cm³/mol. The first-order chi connectivity index (χ1) is 12.3. The third kappa shape index (κ3) is 4.34. The van der Waals surface area contributed by atoms with Crippen molar-refractivity contribution in [3.8, 4) is 0 Å². The Bertz CT molecular complexity index is 853.